The smallest absolute Gasteiger partial charge is 0.310 e. The van der Waals surface area contributed by atoms with Gasteiger partial charge in [-0.25, -0.2) is 4.39 Å². The van der Waals surface area contributed by atoms with E-state index in [1.54, 1.807) is 6.07 Å². The number of aryl methyl sites for hydroxylation is 1. The molecule has 1 N–H and O–H groups in total. The van der Waals surface area contributed by atoms with Gasteiger partial charge in [-0.05, 0) is 49.4 Å². The lowest BCUT2D eigenvalue weighted by atomic mass is 9.74. The Labute approximate surface area is 106 Å². The summed E-state index contributed by atoms with van der Waals surface area (Å²) in [5, 5.41) is 9.47. The highest BCUT2D eigenvalue weighted by Gasteiger charge is 2.40. The number of rotatable bonds is 3. The summed E-state index contributed by atoms with van der Waals surface area (Å²) in [5.74, 6) is -1.07. The fourth-order valence-corrected chi connectivity index (χ4v) is 2.45. The van der Waals surface area contributed by atoms with Gasteiger partial charge in [-0.15, -0.1) is 0 Å². The summed E-state index contributed by atoms with van der Waals surface area (Å²) in [6, 6.07) is 4.52. The van der Waals surface area contributed by atoms with Gasteiger partial charge in [0, 0.05) is 13.2 Å². The van der Waals surface area contributed by atoms with Gasteiger partial charge in [0.1, 0.15) is 5.82 Å². The highest BCUT2D eigenvalue weighted by Crippen LogP contribution is 2.35. The van der Waals surface area contributed by atoms with Crippen LogP contribution in [-0.4, -0.2) is 24.3 Å². The average molecular weight is 252 g/mol. The number of halogens is 1. The van der Waals surface area contributed by atoms with Crippen LogP contribution in [0.4, 0.5) is 4.39 Å². The zero-order chi connectivity index (χ0) is 13.2. The maximum atomic E-state index is 13.0. The van der Waals surface area contributed by atoms with Gasteiger partial charge < -0.3 is 9.84 Å². The van der Waals surface area contributed by atoms with Crippen LogP contribution in [0.3, 0.4) is 0 Å². The lowest BCUT2D eigenvalue weighted by Gasteiger charge is -2.33. The number of benzene rings is 1. The quantitative estimate of drug-likeness (QED) is 0.899. The van der Waals surface area contributed by atoms with E-state index in [9.17, 15) is 14.3 Å². The van der Waals surface area contributed by atoms with Crippen LogP contribution in [0.15, 0.2) is 18.2 Å². The van der Waals surface area contributed by atoms with Crippen LogP contribution in [0.2, 0.25) is 0 Å². The molecule has 18 heavy (non-hydrogen) atoms. The van der Waals surface area contributed by atoms with E-state index in [-0.39, 0.29) is 5.82 Å². The third-order valence-electron chi connectivity index (χ3n) is 3.74. The van der Waals surface area contributed by atoms with Crippen LogP contribution in [0.1, 0.15) is 24.0 Å². The van der Waals surface area contributed by atoms with Crippen molar-refractivity contribution in [2.45, 2.75) is 26.2 Å². The van der Waals surface area contributed by atoms with Crippen molar-refractivity contribution in [3.05, 3.63) is 35.1 Å². The Morgan fingerprint density at radius 2 is 2.11 bits per heavy atom. The molecule has 0 spiro atoms. The molecule has 0 bridgehead atoms. The highest BCUT2D eigenvalue weighted by atomic mass is 19.1. The SMILES string of the molecule is Cc1cc(F)ccc1CC1(C(=O)O)CCOCC1. The Bertz CT molecular complexity index is 450. The van der Waals surface area contributed by atoms with E-state index in [1.165, 1.54) is 12.1 Å². The fourth-order valence-electron chi connectivity index (χ4n) is 2.45. The van der Waals surface area contributed by atoms with E-state index >= 15 is 0 Å². The molecule has 1 heterocycles. The zero-order valence-electron chi connectivity index (χ0n) is 10.4. The molecule has 0 saturated carbocycles. The minimum Gasteiger partial charge on any atom is -0.481 e. The number of aliphatic carboxylic acids is 1. The van der Waals surface area contributed by atoms with E-state index in [2.05, 4.69) is 0 Å². The number of ether oxygens (including phenoxy) is 1. The molecular weight excluding hydrogens is 235 g/mol. The van der Waals surface area contributed by atoms with Gasteiger partial charge in [-0.3, -0.25) is 4.79 Å². The van der Waals surface area contributed by atoms with Crippen LogP contribution in [0.5, 0.6) is 0 Å². The van der Waals surface area contributed by atoms with Crippen molar-refractivity contribution >= 4 is 5.97 Å². The summed E-state index contributed by atoms with van der Waals surface area (Å²) in [6.07, 6.45) is 1.47. The maximum Gasteiger partial charge on any atom is 0.310 e. The average Bonchev–Trinajstić information content (AvgIpc) is 2.34. The summed E-state index contributed by atoms with van der Waals surface area (Å²) in [5.41, 5.74) is 0.948. The van der Waals surface area contributed by atoms with Gasteiger partial charge in [0.05, 0.1) is 5.41 Å². The first-order chi connectivity index (χ1) is 8.53. The Balaban J connectivity index is 2.26. The number of hydrogen-bond donors (Lipinski definition) is 1. The van der Waals surface area contributed by atoms with Crippen molar-refractivity contribution in [2.24, 2.45) is 5.41 Å². The second kappa shape index (κ2) is 5.06. The van der Waals surface area contributed by atoms with Crippen LogP contribution in [0.25, 0.3) is 0 Å². The molecule has 3 nitrogen and oxygen atoms in total. The topological polar surface area (TPSA) is 46.5 Å². The second-order valence-electron chi connectivity index (χ2n) is 4.95. The van der Waals surface area contributed by atoms with Gasteiger partial charge >= 0.3 is 5.97 Å². The van der Waals surface area contributed by atoms with E-state index in [1.807, 2.05) is 6.92 Å². The molecule has 1 aromatic carbocycles. The Morgan fingerprint density at radius 1 is 1.44 bits per heavy atom. The second-order valence-corrected chi connectivity index (χ2v) is 4.95. The summed E-state index contributed by atoms with van der Waals surface area (Å²) in [4.78, 5) is 11.5. The summed E-state index contributed by atoms with van der Waals surface area (Å²) >= 11 is 0. The maximum absolute atomic E-state index is 13.0. The molecule has 1 aliphatic heterocycles. The predicted octanol–water partition coefficient (Wildman–Crippen LogP) is 2.56. The molecule has 0 aromatic heterocycles. The lowest BCUT2D eigenvalue weighted by Crippen LogP contribution is -2.39. The van der Waals surface area contributed by atoms with Gasteiger partial charge in [-0.2, -0.15) is 0 Å². The van der Waals surface area contributed by atoms with Crippen molar-refractivity contribution in [3.63, 3.8) is 0 Å². The highest BCUT2D eigenvalue weighted by molar-refractivity contribution is 5.75. The molecule has 0 unspecified atom stereocenters. The molecule has 1 aromatic rings. The molecule has 4 heteroatoms. The fraction of sp³-hybridized carbons (Fsp3) is 0.500. The van der Waals surface area contributed by atoms with E-state index in [0.29, 0.717) is 32.5 Å². The van der Waals surface area contributed by atoms with E-state index in [4.69, 9.17) is 4.74 Å². The first-order valence-electron chi connectivity index (χ1n) is 6.10. The summed E-state index contributed by atoms with van der Waals surface area (Å²) in [7, 11) is 0. The third-order valence-corrected chi connectivity index (χ3v) is 3.74. The van der Waals surface area contributed by atoms with Crippen LogP contribution >= 0.6 is 0 Å². The van der Waals surface area contributed by atoms with Crippen molar-refractivity contribution in [1.82, 2.24) is 0 Å². The third kappa shape index (κ3) is 2.53. The molecule has 1 saturated heterocycles. The van der Waals surface area contributed by atoms with Gasteiger partial charge in [0.2, 0.25) is 0 Å². The molecular formula is C14H17FO3. The summed E-state index contributed by atoms with van der Waals surface area (Å²) < 4.78 is 18.3. The largest absolute Gasteiger partial charge is 0.481 e. The normalized spacial score (nSPS) is 18.6. The number of carbonyl (C=O) groups is 1. The first-order valence-corrected chi connectivity index (χ1v) is 6.10. The molecule has 0 atom stereocenters. The van der Waals surface area contributed by atoms with Gasteiger partial charge in [0.25, 0.3) is 0 Å². The molecule has 1 fully saturated rings. The number of hydrogen-bond acceptors (Lipinski definition) is 2. The van der Waals surface area contributed by atoms with Crippen molar-refractivity contribution in [1.29, 1.82) is 0 Å². The summed E-state index contributed by atoms with van der Waals surface area (Å²) in [6.45, 7) is 2.77. The van der Waals surface area contributed by atoms with Crippen LogP contribution in [-0.2, 0) is 16.0 Å². The minimum absolute atomic E-state index is 0.285. The Kier molecular flexibility index (Phi) is 3.66. The van der Waals surface area contributed by atoms with Crippen molar-refractivity contribution < 1.29 is 19.0 Å². The van der Waals surface area contributed by atoms with E-state index in [0.717, 1.165) is 11.1 Å². The Morgan fingerprint density at radius 3 is 2.67 bits per heavy atom. The van der Waals surface area contributed by atoms with Crippen LogP contribution < -0.4 is 0 Å². The zero-order valence-corrected chi connectivity index (χ0v) is 10.4. The van der Waals surface area contributed by atoms with E-state index < -0.39 is 11.4 Å². The van der Waals surface area contributed by atoms with Crippen molar-refractivity contribution in [3.8, 4) is 0 Å². The van der Waals surface area contributed by atoms with Gasteiger partial charge in [0.15, 0.2) is 0 Å². The predicted molar refractivity (Wildman–Crippen MR) is 65.0 cm³/mol. The number of carboxylic acids is 1. The first kappa shape index (κ1) is 13.0. The Hall–Kier alpha value is -1.42. The molecule has 0 radical (unpaired) electrons. The lowest BCUT2D eigenvalue weighted by molar-refractivity contribution is -0.154. The molecule has 0 amide bonds. The van der Waals surface area contributed by atoms with Gasteiger partial charge in [-0.1, -0.05) is 6.07 Å². The minimum atomic E-state index is -0.783. The monoisotopic (exact) mass is 252 g/mol. The molecule has 1 aliphatic rings. The van der Waals surface area contributed by atoms with Crippen molar-refractivity contribution in [2.75, 3.05) is 13.2 Å². The molecule has 98 valence electrons. The molecule has 0 aliphatic carbocycles. The standard InChI is InChI=1S/C14H17FO3/c1-10-8-12(15)3-2-11(10)9-14(13(16)17)4-6-18-7-5-14/h2-3,8H,4-7,9H2,1H3,(H,16,17). The molecule has 2 rings (SSSR count). The number of carboxylic acid groups (broad SMARTS) is 1. The van der Waals surface area contributed by atoms with Crippen LogP contribution in [0, 0.1) is 18.2 Å².